The van der Waals surface area contributed by atoms with E-state index in [9.17, 15) is 8.78 Å². The molecule has 0 fully saturated rings. The monoisotopic (exact) mass is 262 g/mol. The number of aryl methyl sites for hydroxylation is 1. The van der Waals surface area contributed by atoms with Crippen LogP contribution in [0, 0.1) is 6.92 Å². The van der Waals surface area contributed by atoms with Crippen LogP contribution >= 0.6 is 15.9 Å². The Morgan fingerprint density at radius 2 is 2.14 bits per heavy atom. The number of ether oxygens (including phenoxy) is 1. The molecule has 1 nitrogen and oxygen atoms in total. The first-order valence-corrected chi connectivity index (χ1v) is 4.87. The Balaban J connectivity index is 3.01. The molecule has 0 radical (unpaired) electrons. The van der Waals surface area contributed by atoms with Crippen LogP contribution in [0.25, 0.3) is 6.08 Å². The molecule has 0 saturated heterocycles. The Morgan fingerprint density at radius 1 is 1.43 bits per heavy atom. The van der Waals surface area contributed by atoms with E-state index in [0.29, 0.717) is 5.56 Å². The summed E-state index contributed by atoms with van der Waals surface area (Å²) in [5.74, 6) is 0.182. The Hall–Kier alpha value is -0.900. The Labute approximate surface area is 89.5 Å². The summed E-state index contributed by atoms with van der Waals surface area (Å²) in [6.07, 6.45) is 1.66. The number of benzene rings is 1. The molecule has 4 heteroatoms. The second-order valence-corrected chi connectivity index (χ2v) is 3.24. The third-order valence-electron chi connectivity index (χ3n) is 1.62. The van der Waals surface area contributed by atoms with Gasteiger partial charge in [-0.3, -0.25) is 0 Å². The summed E-state index contributed by atoms with van der Waals surface area (Å²) < 4.78 is 28.3. The summed E-state index contributed by atoms with van der Waals surface area (Å²) in [6, 6.07) is 5.03. The topological polar surface area (TPSA) is 9.23 Å². The van der Waals surface area contributed by atoms with Gasteiger partial charge in [-0.2, -0.15) is 8.78 Å². The first kappa shape index (κ1) is 11.2. The average molecular weight is 263 g/mol. The van der Waals surface area contributed by atoms with Gasteiger partial charge in [0.2, 0.25) is 0 Å². The van der Waals surface area contributed by atoms with Crippen LogP contribution in [0.5, 0.6) is 5.75 Å². The molecule has 0 heterocycles. The third kappa shape index (κ3) is 3.10. The van der Waals surface area contributed by atoms with Gasteiger partial charge < -0.3 is 4.74 Å². The lowest BCUT2D eigenvalue weighted by molar-refractivity contribution is -0.0499. The van der Waals surface area contributed by atoms with Gasteiger partial charge in [-0.15, -0.1) is 0 Å². The summed E-state index contributed by atoms with van der Waals surface area (Å²) in [6.45, 7) is -0.905. The summed E-state index contributed by atoms with van der Waals surface area (Å²) >= 11 is 3.09. The lowest BCUT2D eigenvalue weighted by Gasteiger charge is -2.08. The molecule has 0 atom stereocenters. The number of hydrogen-bond acceptors (Lipinski definition) is 1. The molecule has 1 rings (SSSR count). The minimum absolute atomic E-state index is 0.182. The van der Waals surface area contributed by atoms with Crippen molar-refractivity contribution in [2.45, 2.75) is 13.5 Å². The van der Waals surface area contributed by atoms with Gasteiger partial charge in [-0.05, 0) is 30.1 Å². The first-order valence-electron chi connectivity index (χ1n) is 3.95. The SMILES string of the molecule is Cc1ccc(OC(F)F)c(/C=C/Br)c1. The standard InChI is InChI=1S/C10H9BrF2O/c1-7-2-3-9(14-10(12)13)8(6-7)4-5-11/h2-6,10H,1H3/b5-4+. The fourth-order valence-corrected chi connectivity index (χ4v) is 1.35. The summed E-state index contributed by atoms with van der Waals surface area (Å²) in [7, 11) is 0. The van der Waals surface area contributed by atoms with Crippen molar-refractivity contribution < 1.29 is 13.5 Å². The van der Waals surface area contributed by atoms with Crippen LogP contribution in [0.4, 0.5) is 8.78 Å². The van der Waals surface area contributed by atoms with Crippen LogP contribution < -0.4 is 4.74 Å². The van der Waals surface area contributed by atoms with Crippen LogP contribution in [-0.2, 0) is 0 Å². The molecule has 0 spiro atoms. The van der Waals surface area contributed by atoms with Gasteiger partial charge >= 0.3 is 6.61 Å². The van der Waals surface area contributed by atoms with E-state index in [1.54, 1.807) is 23.2 Å². The lowest BCUT2D eigenvalue weighted by atomic mass is 10.1. The van der Waals surface area contributed by atoms with Crippen molar-refractivity contribution >= 4 is 22.0 Å². The smallest absolute Gasteiger partial charge is 0.387 e. The third-order valence-corrected chi connectivity index (χ3v) is 1.89. The van der Waals surface area contributed by atoms with Gasteiger partial charge in [0.1, 0.15) is 5.75 Å². The van der Waals surface area contributed by atoms with E-state index < -0.39 is 6.61 Å². The van der Waals surface area contributed by atoms with Gasteiger partial charge in [-0.1, -0.05) is 27.6 Å². The maximum atomic E-state index is 12.0. The minimum Gasteiger partial charge on any atom is -0.434 e. The predicted molar refractivity (Wildman–Crippen MR) is 55.8 cm³/mol. The Morgan fingerprint density at radius 3 is 2.71 bits per heavy atom. The fourth-order valence-electron chi connectivity index (χ4n) is 1.07. The zero-order valence-electron chi connectivity index (χ0n) is 7.51. The molecule has 0 aliphatic rings. The zero-order valence-corrected chi connectivity index (χ0v) is 9.09. The second-order valence-electron chi connectivity index (χ2n) is 2.71. The minimum atomic E-state index is -2.79. The van der Waals surface area contributed by atoms with Gasteiger partial charge in [0.25, 0.3) is 0 Å². The number of rotatable bonds is 3. The highest BCUT2D eigenvalue weighted by atomic mass is 79.9. The van der Waals surface area contributed by atoms with Crippen LogP contribution in [0.1, 0.15) is 11.1 Å². The van der Waals surface area contributed by atoms with Crippen molar-refractivity contribution in [3.8, 4) is 5.75 Å². The molecule has 0 bridgehead atoms. The predicted octanol–water partition coefficient (Wildman–Crippen LogP) is 3.96. The van der Waals surface area contributed by atoms with E-state index in [2.05, 4.69) is 20.7 Å². The fraction of sp³-hybridized carbons (Fsp3) is 0.200. The van der Waals surface area contributed by atoms with Crippen molar-refractivity contribution in [1.29, 1.82) is 0 Å². The molecule has 0 N–H and O–H groups in total. The molecule has 76 valence electrons. The highest BCUT2D eigenvalue weighted by molar-refractivity contribution is 9.11. The summed E-state index contributed by atoms with van der Waals surface area (Å²) in [4.78, 5) is 1.60. The quantitative estimate of drug-likeness (QED) is 0.801. The molecule has 0 aliphatic carbocycles. The molecule has 0 aromatic heterocycles. The van der Waals surface area contributed by atoms with Crippen molar-refractivity contribution in [2.75, 3.05) is 0 Å². The zero-order chi connectivity index (χ0) is 10.6. The van der Waals surface area contributed by atoms with Crippen molar-refractivity contribution in [1.82, 2.24) is 0 Å². The maximum absolute atomic E-state index is 12.0. The Bertz CT molecular complexity index is 337. The summed E-state index contributed by atoms with van der Waals surface area (Å²) in [5.41, 5.74) is 1.62. The average Bonchev–Trinajstić information content (AvgIpc) is 2.09. The van der Waals surface area contributed by atoms with Gasteiger partial charge in [-0.25, -0.2) is 0 Å². The molecule has 1 aromatic rings. The first-order chi connectivity index (χ1) is 6.63. The van der Waals surface area contributed by atoms with Crippen molar-refractivity contribution in [3.05, 3.63) is 34.3 Å². The van der Waals surface area contributed by atoms with Crippen LogP contribution in [-0.4, -0.2) is 6.61 Å². The normalized spacial score (nSPS) is 11.2. The van der Waals surface area contributed by atoms with Gasteiger partial charge in [0, 0.05) is 5.56 Å². The van der Waals surface area contributed by atoms with Gasteiger partial charge in [0.05, 0.1) is 0 Å². The van der Waals surface area contributed by atoms with E-state index in [-0.39, 0.29) is 5.75 Å². The number of alkyl halides is 2. The molecule has 0 aliphatic heterocycles. The largest absolute Gasteiger partial charge is 0.434 e. The molecule has 0 amide bonds. The van der Waals surface area contributed by atoms with Crippen molar-refractivity contribution in [2.24, 2.45) is 0 Å². The second kappa shape index (κ2) is 5.10. The molecular weight excluding hydrogens is 254 g/mol. The van der Waals surface area contributed by atoms with E-state index in [1.165, 1.54) is 6.07 Å². The number of hydrogen-bond donors (Lipinski definition) is 0. The lowest BCUT2D eigenvalue weighted by Crippen LogP contribution is -2.03. The number of halogens is 3. The molecular formula is C10H9BrF2O. The Kier molecular flexibility index (Phi) is 4.07. The van der Waals surface area contributed by atoms with Crippen LogP contribution in [0.15, 0.2) is 23.2 Å². The van der Waals surface area contributed by atoms with E-state index in [1.807, 2.05) is 6.92 Å². The van der Waals surface area contributed by atoms with Crippen LogP contribution in [0.2, 0.25) is 0 Å². The van der Waals surface area contributed by atoms with Crippen molar-refractivity contribution in [3.63, 3.8) is 0 Å². The highest BCUT2D eigenvalue weighted by Crippen LogP contribution is 2.23. The van der Waals surface area contributed by atoms with E-state index in [0.717, 1.165) is 5.56 Å². The summed E-state index contributed by atoms with van der Waals surface area (Å²) in [5, 5.41) is 0. The van der Waals surface area contributed by atoms with E-state index >= 15 is 0 Å². The highest BCUT2D eigenvalue weighted by Gasteiger charge is 2.07. The van der Waals surface area contributed by atoms with Crippen LogP contribution in [0.3, 0.4) is 0 Å². The molecule has 14 heavy (non-hydrogen) atoms. The molecule has 1 aromatic carbocycles. The molecule has 0 saturated carbocycles. The maximum Gasteiger partial charge on any atom is 0.387 e. The van der Waals surface area contributed by atoms with Gasteiger partial charge in [0.15, 0.2) is 0 Å². The van der Waals surface area contributed by atoms with E-state index in [4.69, 9.17) is 0 Å². The molecule has 0 unspecified atom stereocenters.